The van der Waals surface area contributed by atoms with E-state index in [4.69, 9.17) is 5.73 Å². The van der Waals surface area contributed by atoms with Crippen molar-refractivity contribution in [2.75, 3.05) is 5.73 Å². The van der Waals surface area contributed by atoms with E-state index >= 15 is 0 Å². The zero-order valence-corrected chi connectivity index (χ0v) is 11.8. The Morgan fingerprint density at radius 3 is 2.83 bits per heavy atom. The summed E-state index contributed by atoms with van der Waals surface area (Å²) in [5, 5.41) is 14.2. The summed E-state index contributed by atoms with van der Waals surface area (Å²) < 4.78 is 1.24. The van der Waals surface area contributed by atoms with E-state index in [1.54, 1.807) is 12.3 Å². The van der Waals surface area contributed by atoms with Gasteiger partial charge in [0.25, 0.3) is 0 Å². The number of aromatic nitrogens is 4. The molecule has 4 rings (SSSR count). The number of hydrogen-bond acceptors (Lipinski definition) is 5. The van der Waals surface area contributed by atoms with Crippen LogP contribution in [0.25, 0.3) is 27.7 Å². The molecule has 0 spiro atoms. The van der Waals surface area contributed by atoms with Crippen LogP contribution in [-0.2, 0) is 0 Å². The molecule has 0 atom stereocenters. The highest BCUT2D eigenvalue weighted by Gasteiger charge is 2.16. The third kappa shape index (κ3) is 2.06. The molecular weight excluding hydrogens is 294 g/mol. The second-order valence-electron chi connectivity index (χ2n) is 5.06. The number of rotatable bonds is 2. The topological polar surface area (TPSA) is 106 Å². The molecule has 0 unspecified atom stereocenters. The van der Waals surface area contributed by atoms with E-state index in [2.05, 4.69) is 15.1 Å². The maximum Gasteiger partial charge on any atom is 0.354 e. The monoisotopic (exact) mass is 305 g/mol. The zero-order chi connectivity index (χ0) is 16.0. The number of carbonyl (C=O) groups is 1. The van der Waals surface area contributed by atoms with Crippen molar-refractivity contribution in [1.82, 2.24) is 19.6 Å². The highest BCUT2D eigenvalue weighted by molar-refractivity contribution is 5.91. The summed E-state index contributed by atoms with van der Waals surface area (Å²) in [7, 11) is 0. The van der Waals surface area contributed by atoms with Gasteiger partial charge in [0.1, 0.15) is 0 Å². The molecule has 4 aromatic rings. The number of nitrogen functional groups attached to an aromatic ring is 1. The second kappa shape index (κ2) is 4.77. The highest BCUT2D eigenvalue weighted by atomic mass is 16.4. The summed E-state index contributed by atoms with van der Waals surface area (Å²) in [6.07, 6.45) is 1.73. The maximum atomic E-state index is 11.3. The number of fused-ring (bicyclic) bond motifs is 2. The third-order valence-electron chi connectivity index (χ3n) is 3.62. The molecule has 0 saturated heterocycles. The molecule has 7 heteroatoms. The smallest absolute Gasteiger partial charge is 0.354 e. The lowest BCUT2D eigenvalue weighted by atomic mass is 10.1. The summed E-state index contributed by atoms with van der Waals surface area (Å²) in [6.45, 7) is 0. The van der Waals surface area contributed by atoms with Crippen LogP contribution in [0.15, 0.2) is 48.7 Å². The Labute approximate surface area is 130 Å². The average Bonchev–Trinajstić information content (AvgIpc) is 2.94. The average molecular weight is 305 g/mol. The minimum atomic E-state index is -1.09. The fourth-order valence-electron chi connectivity index (χ4n) is 2.58. The first-order valence-electron chi connectivity index (χ1n) is 6.87. The van der Waals surface area contributed by atoms with E-state index < -0.39 is 5.97 Å². The third-order valence-corrected chi connectivity index (χ3v) is 3.62. The largest absolute Gasteiger partial charge is 0.477 e. The molecule has 0 radical (unpaired) electrons. The van der Waals surface area contributed by atoms with Crippen molar-refractivity contribution in [3.05, 3.63) is 54.4 Å². The molecule has 0 saturated carbocycles. The van der Waals surface area contributed by atoms with Crippen LogP contribution in [0.1, 0.15) is 10.5 Å². The fraction of sp³-hybridized carbons (Fsp3) is 0. The predicted octanol–water partition coefficient (Wildman–Crippen LogP) is 2.22. The first kappa shape index (κ1) is 13.2. The van der Waals surface area contributed by atoms with Crippen molar-refractivity contribution in [2.45, 2.75) is 0 Å². The SMILES string of the molecule is Nc1nc2c(-c3cnc4ccccc4c3)ccc(C(=O)O)n2n1. The second-order valence-corrected chi connectivity index (χ2v) is 5.06. The number of para-hydroxylation sites is 1. The van der Waals surface area contributed by atoms with E-state index in [0.29, 0.717) is 5.65 Å². The number of hydrogen-bond donors (Lipinski definition) is 2. The lowest BCUT2D eigenvalue weighted by molar-refractivity contribution is 0.0687. The van der Waals surface area contributed by atoms with Gasteiger partial charge < -0.3 is 10.8 Å². The van der Waals surface area contributed by atoms with E-state index in [1.165, 1.54) is 10.6 Å². The van der Waals surface area contributed by atoms with Gasteiger partial charge in [-0.3, -0.25) is 4.98 Å². The summed E-state index contributed by atoms with van der Waals surface area (Å²) in [4.78, 5) is 19.9. The molecule has 23 heavy (non-hydrogen) atoms. The van der Waals surface area contributed by atoms with Gasteiger partial charge in [-0.25, -0.2) is 9.31 Å². The van der Waals surface area contributed by atoms with Gasteiger partial charge in [0.05, 0.1) is 5.52 Å². The standard InChI is InChI=1S/C16H11N5O2/c17-16-19-14-11(5-6-13(15(22)23)21(14)20-16)10-7-9-3-1-2-4-12(9)18-8-10/h1-8H,(H2,17,20)(H,22,23). The van der Waals surface area contributed by atoms with Crippen molar-refractivity contribution < 1.29 is 9.90 Å². The van der Waals surface area contributed by atoms with Gasteiger partial charge in [-0.05, 0) is 24.3 Å². The number of nitrogens with two attached hydrogens (primary N) is 1. The van der Waals surface area contributed by atoms with Crippen LogP contribution in [0.4, 0.5) is 5.95 Å². The Balaban J connectivity index is 2.00. The molecule has 0 bridgehead atoms. The van der Waals surface area contributed by atoms with E-state index in [-0.39, 0.29) is 11.6 Å². The lowest BCUT2D eigenvalue weighted by Crippen LogP contribution is -2.07. The molecule has 0 aliphatic carbocycles. The van der Waals surface area contributed by atoms with Gasteiger partial charge in [-0.1, -0.05) is 18.2 Å². The number of nitrogens with zero attached hydrogens (tertiary/aromatic N) is 4. The summed E-state index contributed by atoms with van der Waals surface area (Å²) in [5.41, 5.74) is 8.46. The Morgan fingerprint density at radius 1 is 1.17 bits per heavy atom. The van der Waals surface area contributed by atoms with Crippen LogP contribution < -0.4 is 5.73 Å². The molecule has 0 aliphatic heterocycles. The van der Waals surface area contributed by atoms with Gasteiger partial charge in [0.2, 0.25) is 5.95 Å². The fourth-order valence-corrected chi connectivity index (χ4v) is 2.58. The first-order valence-corrected chi connectivity index (χ1v) is 6.87. The predicted molar refractivity (Wildman–Crippen MR) is 85.1 cm³/mol. The van der Waals surface area contributed by atoms with E-state index in [0.717, 1.165) is 22.0 Å². The number of carboxylic acid groups (broad SMARTS) is 1. The molecule has 3 N–H and O–H groups in total. The minimum absolute atomic E-state index is 0.00157. The van der Waals surface area contributed by atoms with Crippen LogP contribution in [-0.4, -0.2) is 30.7 Å². The number of benzene rings is 1. The molecular formula is C16H11N5O2. The lowest BCUT2D eigenvalue weighted by Gasteiger charge is -2.06. The van der Waals surface area contributed by atoms with Gasteiger partial charge in [0, 0.05) is 22.7 Å². The normalized spacial score (nSPS) is 11.1. The van der Waals surface area contributed by atoms with E-state index in [1.807, 2.05) is 30.3 Å². The summed E-state index contributed by atoms with van der Waals surface area (Å²) in [5.74, 6) is -1.07. The quantitative estimate of drug-likeness (QED) is 0.588. The van der Waals surface area contributed by atoms with Crippen molar-refractivity contribution in [3.63, 3.8) is 0 Å². The summed E-state index contributed by atoms with van der Waals surface area (Å²) >= 11 is 0. The number of anilines is 1. The molecule has 0 amide bonds. The van der Waals surface area contributed by atoms with Crippen molar-refractivity contribution in [1.29, 1.82) is 0 Å². The summed E-state index contributed by atoms with van der Waals surface area (Å²) in [6, 6.07) is 12.9. The molecule has 3 heterocycles. The Morgan fingerprint density at radius 2 is 2.00 bits per heavy atom. The highest BCUT2D eigenvalue weighted by Crippen LogP contribution is 2.27. The maximum absolute atomic E-state index is 11.3. The Bertz CT molecular complexity index is 1070. The van der Waals surface area contributed by atoms with Crippen LogP contribution in [0.3, 0.4) is 0 Å². The number of carboxylic acids is 1. The molecule has 0 fully saturated rings. The van der Waals surface area contributed by atoms with Crippen molar-refractivity contribution in [3.8, 4) is 11.1 Å². The molecule has 3 aromatic heterocycles. The Hall–Kier alpha value is -3.48. The van der Waals surface area contributed by atoms with Crippen LogP contribution in [0.2, 0.25) is 0 Å². The number of pyridine rings is 2. The van der Waals surface area contributed by atoms with E-state index in [9.17, 15) is 9.90 Å². The van der Waals surface area contributed by atoms with Crippen LogP contribution >= 0.6 is 0 Å². The van der Waals surface area contributed by atoms with Gasteiger partial charge in [-0.15, -0.1) is 5.10 Å². The number of aromatic carboxylic acids is 1. The molecule has 112 valence electrons. The Kier molecular flexibility index (Phi) is 2.74. The van der Waals surface area contributed by atoms with Gasteiger partial charge in [-0.2, -0.15) is 4.98 Å². The van der Waals surface area contributed by atoms with Gasteiger partial charge >= 0.3 is 5.97 Å². The zero-order valence-electron chi connectivity index (χ0n) is 11.8. The molecule has 1 aromatic carbocycles. The van der Waals surface area contributed by atoms with Crippen molar-refractivity contribution in [2.24, 2.45) is 0 Å². The molecule has 7 nitrogen and oxygen atoms in total. The van der Waals surface area contributed by atoms with Gasteiger partial charge in [0.15, 0.2) is 11.3 Å². The molecule has 0 aliphatic rings. The first-order chi connectivity index (χ1) is 11.1. The van der Waals surface area contributed by atoms with Crippen LogP contribution in [0.5, 0.6) is 0 Å². The minimum Gasteiger partial charge on any atom is -0.477 e. The van der Waals surface area contributed by atoms with Crippen molar-refractivity contribution >= 4 is 28.5 Å². The van der Waals surface area contributed by atoms with Crippen LogP contribution in [0, 0.1) is 0 Å².